The highest BCUT2D eigenvalue weighted by Gasteiger charge is 2.25. The minimum atomic E-state index is -0.0983. The summed E-state index contributed by atoms with van der Waals surface area (Å²) in [5.41, 5.74) is 4.17. The van der Waals surface area contributed by atoms with Gasteiger partial charge in [-0.1, -0.05) is 98.9 Å². The molecular weight excluding hydrogens is 373 g/mol. The van der Waals surface area contributed by atoms with E-state index in [2.05, 4.69) is 106 Å². The van der Waals surface area contributed by atoms with E-state index in [9.17, 15) is 0 Å². The minimum Gasteiger partial charge on any atom is -0.309 e. The zero-order valence-electron chi connectivity index (χ0n) is 17.0. The Morgan fingerprint density at radius 2 is 1.07 bits per heavy atom. The summed E-state index contributed by atoms with van der Waals surface area (Å²) in [6, 6.07) is 32.5. The summed E-state index contributed by atoms with van der Waals surface area (Å²) in [5, 5.41) is 3.72. The van der Waals surface area contributed by atoms with Crippen molar-refractivity contribution in [3.63, 3.8) is 0 Å². The van der Waals surface area contributed by atoms with Gasteiger partial charge >= 0.3 is 0 Å². The molecule has 1 aliphatic rings. The van der Waals surface area contributed by atoms with Crippen molar-refractivity contribution in [1.29, 1.82) is 0 Å². The molecule has 1 aliphatic heterocycles. The van der Waals surface area contributed by atoms with Gasteiger partial charge in [-0.05, 0) is 16.7 Å². The zero-order valence-corrected chi connectivity index (χ0v) is 17.8. The Balaban J connectivity index is 1.37. The highest BCUT2D eigenvalue weighted by atomic mass is 31.1. The molecule has 0 amide bonds. The molecule has 3 aromatic carbocycles. The van der Waals surface area contributed by atoms with Gasteiger partial charge in [0.25, 0.3) is 0 Å². The standard InChI is InChI=1S/C25H30N3P/c1-4-10-23(11-5-1)16-26-19-29-21-27(17-24-12-6-2-7-13-24)20-28(22-29)18-25-14-8-3-9-15-25/h1-15,26H,16-22H2. The third kappa shape index (κ3) is 6.48. The number of hydrogen-bond acceptors (Lipinski definition) is 3. The molecule has 0 spiro atoms. The van der Waals surface area contributed by atoms with Crippen LogP contribution >= 0.6 is 7.92 Å². The van der Waals surface area contributed by atoms with Crippen molar-refractivity contribution in [3.05, 3.63) is 108 Å². The lowest BCUT2D eigenvalue weighted by molar-refractivity contribution is 0.141. The van der Waals surface area contributed by atoms with Crippen LogP contribution in [0.15, 0.2) is 91.0 Å². The molecule has 1 N–H and O–H groups in total. The average molecular weight is 404 g/mol. The number of hydrogen-bond donors (Lipinski definition) is 1. The number of nitrogens with one attached hydrogen (secondary N) is 1. The first-order chi connectivity index (χ1) is 14.3. The van der Waals surface area contributed by atoms with Crippen LogP contribution in [-0.4, -0.2) is 35.3 Å². The molecular formula is C25H30N3P. The maximum Gasteiger partial charge on any atom is 0.0519 e. The third-order valence-corrected chi connectivity index (χ3v) is 7.48. The second kappa shape index (κ2) is 10.7. The van der Waals surface area contributed by atoms with E-state index in [1.54, 1.807) is 0 Å². The molecule has 4 rings (SSSR count). The van der Waals surface area contributed by atoms with E-state index in [1.807, 2.05) is 0 Å². The maximum atomic E-state index is 3.72. The van der Waals surface area contributed by atoms with Gasteiger partial charge in [-0.2, -0.15) is 0 Å². The number of rotatable bonds is 8. The topological polar surface area (TPSA) is 18.5 Å². The van der Waals surface area contributed by atoms with Gasteiger partial charge in [-0.15, -0.1) is 0 Å². The Morgan fingerprint density at radius 1 is 0.621 bits per heavy atom. The summed E-state index contributed by atoms with van der Waals surface area (Å²) in [5.74, 6) is 0. The molecule has 29 heavy (non-hydrogen) atoms. The summed E-state index contributed by atoms with van der Waals surface area (Å²) in [4.78, 5) is 5.25. The van der Waals surface area contributed by atoms with E-state index >= 15 is 0 Å². The molecule has 0 atom stereocenters. The first kappa shape index (κ1) is 20.3. The highest BCUT2D eigenvalue weighted by Crippen LogP contribution is 2.40. The van der Waals surface area contributed by atoms with Crippen LogP contribution in [0.4, 0.5) is 0 Å². The van der Waals surface area contributed by atoms with Crippen molar-refractivity contribution in [2.75, 3.05) is 25.5 Å². The van der Waals surface area contributed by atoms with Crippen molar-refractivity contribution >= 4 is 7.92 Å². The molecule has 0 radical (unpaired) electrons. The fourth-order valence-corrected chi connectivity index (χ4v) is 6.15. The Kier molecular flexibility index (Phi) is 7.45. The zero-order chi connectivity index (χ0) is 19.7. The lowest BCUT2D eigenvalue weighted by atomic mass is 10.2. The smallest absolute Gasteiger partial charge is 0.0519 e. The van der Waals surface area contributed by atoms with Gasteiger partial charge in [0.05, 0.1) is 6.67 Å². The molecule has 0 saturated carbocycles. The molecule has 150 valence electrons. The van der Waals surface area contributed by atoms with Gasteiger partial charge in [0, 0.05) is 38.5 Å². The van der Waals surface area contributed by atoms with Crippen LogP contribution < -0.4 is 5.32 Å². The third-order valence-electron chi connectivity index (χ3n) is 5.21. The molecule has 0 bridgehead atoms. The summed E-state index contributed by atoms with van der Waals surface area (Å²) in [6.07, 6.45) is 3.52. The van der Waals surface area contributed by atoms with Gasteiger partial charge < -0.3 is 5.32 Å². The second-order valence-electron chi connectivity index (χ2n) is 7.79. The van der Waals surface area contributed by atoms with E-state index in [0.717, 1.165) is 32.6 Å². The Hall–Kier alpha value is -2.03. The normalized spacial score (nSPS) is 16.1. The predicted molar refractivity (Wildman–Crippen MR) is 124 cm³/mol. The number of nitrogens with zero attached hydrogens (tertiary/aromatic N) is 2. The van der Waals surface area contributed by atoms with E-state index in [0.29, 0.717) is 0 Å². The van der Waals surface area contributed by atoms with Crippen LogP contribution in [-0.2, 0) is 19.6 Å². The first-order valence-corrected chi connectivity index (χ1v) is 12.2. The van der Waals surface area contributed by atoms with Crippen molar-refractivity contribution < 1.29 is 0 Å². The Morgan fingerprint density at radius 3 is 1.55 bits per heavy atom. The van der Waals surface area contributed by atoms with Crippen LogP contribution in [0.5, 0.6) is 0 Å². The van der Waals surface area contributed by atoms with Gasteiger partial charge in [-0.25, -0.2) is 0 Å². The summed E-state index contributed by atoms with van der Waals surface area (Å²) >= 11 is 0. The molecule has 0 aromatic heterocycles. The fourth-order valence-electron chi connectivity index (χ4n) is 3.92. The summed E-state index contributed by atoms with van der Waals surface area (Å²) in [6.45, 7) is 4.06. The molecule has 4 heteroatoms. The predicted octanol–water partition coefficient (Wildman–Crippen LogP) is 5.11. The molecule has 1 saturated heterocycles. The lowest BCUT2D eigenvalue weighted by Gasteiger charge is -2.40. The van der Waals surface area contributed by atoms with Crippen molar-refractivity contribution in [2.45, 2.75) is 19.6 Å². The Labute approximate surface area is 176 Å². The van der Waals surface area contributed by atoms with Crippen molar-refractivity contribution in [2.24, 2.45) is 0 Å². The van der Waals surface area contributed by atoms with E-state index in [4.69, 9.17) is 0 Å². The average Bonchev–Trinajstić information content (AvgIpc) is 2.76. The van der Waals surface area contributed by atoms with E-state index < -0.39 is 0 Å². The van der Waals surface area contributed by atoms with Crippen LogP contribution in [0.25, 0.3) is 0 Å². The summed E-state index contributed by atoms with van der Waals surface area (Å²) < 4.78 is 0. The highest BCUT2D eigenvalue weighted by molar-refractivity contribution is 7.57. The monoisotopic (exact) mass is 403 g/mol. The van der Waals surface area contributed by atoms with Crippen molar-refractivity contribution in [1.82, 2.24) is 15.1 Å². The second-order valence-corrected chi connectivity index (χ2v) is 10.0. The van der Waals surface area contributed by atoms with Gasteiger partial charge in [0.1, 0.15) is 0 Å². The summed E-state index contributed by atoms with van der Waals surface area (Å²) in [7, 11) is -0.0983. The van der Waals surface area contributed by atoms with E-state index in [1.165, 1.54) is 29.3 Å². The maximum absolute atomic E-state index is 3.72. The quantitative estimate of drug-likeness (QED) is 0.528. The van der Waals surface area contributed by atoms with Gasteiger partial charge in [-0.3, -0.25) is 9.80 Å². The van der Waals surface area contributed by atoms with Crippen LogP contribution in [0.3, 0.4) is 0 Å². The molecule has 1 heterocycles. The molecule has 3 nitrogen and oxygen atoms in total. The van der Waals surface area contributed by atoms with Crippen molar-refractivity contribution in [3.8, 4) is 0 Å². The molecule has 0 unspecified atom stereocenters. The van der Waals surface area contributed by atoms with Crippen LogP contribution in [0.1, 0.15) is 16.7 Å². The largest absolute Gasteiger partial charge is 0.309 e. The van der Waals surface area contributed by atoms with Crippen LogP contribution in [0.2, 0.25) is 0 Å². The minimum absolute atomic E-state index is 0.0983. The van der Waals surface area contributed by atoms with Gasteiger partial charge in [0.2, 0.25) is 0 Å². The van der Waals surface area contributed by atoms with E-state index in [-0.39, 0.29) is 7.92 Å². The molecule has 1 fully saturated rings. The first-order valence-electron chi connectivity index (χ1n) is 10.3. The molecule has 0 aliphatic carbocycles. The SMILES string of the molecule is c1ccc(CNCP2CN(Cc3ccccc3)CN(Cc3ccccc3)C2)cc1. The van der Waals surface area contributed by atoms with Gasteiger partial charge in [0.15, 0.2) is 0 Å². The molecule has 3 aromatic rings. The Bertz CT molecular complexity index is 792. The fraction of sp³-hybridized carbons (Fsp3) is 0.280. The van der Waals surface area contributed by atoms with Crippen LogP contribution in [0, 0.1) is 0 Å². The number of benzene rings is 3. The lowest BCUT2D eigenvalue weighted by Crippen LogP contribution is -2.43.